The van der Waals surface area contributed by atoms with Crippen LogP contribution in [0.15, 0.2) is 30.6 Å². The van der Waals surface area contributed by atoms with E-state index in [1.165, 1.54) is 57.1 Å². The fraction of sp³-hybridized carbons (Fsp3) is 0.560. The molecule has 0 bridgehead atoms. The van der Waals surface area contributed by atoms with Gasteiger partial charge >= 0.3 is 0 Å². The van der Waals surface area contributed by atoms with Crippen LogP contribution in [0.5, 0.6) is 0 Å². The first-order valence-corrected chi connectivity index (χ1v) is 11.8. The smallest absolute Gasteiger partial charge is 0.274 e. The third-order valence-corrected chi connectivity index (χ3v) is 6.27. The number of amides is 1. The van der Waals surface area contributed by atoms with E-state index in [-0.39, 0.29) is 5.91 Å². The average Bonchev–Trinajstić information content (AvgIpc) is 3.60. The largest absolute Gasteiger partial charge is 0.356 e. The first-order chi connectivity index (χ1) is 15.1. The van der Waals surface area contributed by atoms with Crippen LogP contribution < -0.4 is 10.2 Å². The summed E-state index contributed by atoms with van der Waals surface area (Å²) in [5.74, 6) is 1.44. The van der Waals surface area contributed by atoms with Gasteiger partial charge < -0.3 is 10.2 Å². The van der Waals surface area contributed by atoms with E-state index in [1.807, 2.05) is 12.1 Å². The highest BCUT2D eigenvalue weighted by molar-refractivity contribution is 6.03. The Morgan fingerprint density at radius 1 is 1.16 bits per heavy atom. The van der Waals surface area contributed by atoms with Gasteiger partial charge in [-0.2, -0.15) is 0 Å². The number of nitrogens with zero attached hydrogens (tertiary/aromatic N) is 4. The van der Waals surface area contributed by atoms with E-state index in [0.29, 0.717) is 5.69 Å². The fourth-order valence-electron chi connectivity index (χ4n) is 4.35. The monoisotopic (exact) mass is 421 g/mol. The van der Waals surface area contributed by atoms with Crippen LogP contribution in [0.25, 0.3) is 0 Å². The summed E-state index contributed by atoms with van der Waals surface area (Å²) >= 11 is 0. The number of aryl methyl sites for hydroxylation is 1. The number of likely N-dealkylation sites (tertiary alicyclic amines) is 1. The number of nitrogens with one attached hydrogen (secondary N) is 1. The summed E-state index contributed by atoms with van der Waals surface area (Å²) < 4.78 is 0. The molecule has 0 unspecified atom stereocenters. The van der Waals surface area contributed by atoms with Crippen LogP contribution in [0.2, 0.25) is 0 Å². The van der Waals surface area contributed by atoms with Gasteiger partial charge in [0.2, 0.25) is 0 Å². The minimum absolute atomic E-state index is 0.182. The van der Waals surface area contributed by atoms with E-state index in [0.717, 1.165) is 49.0 Å². The molecule has 1 N–H and O–H groups in total. The summed E-state index contributed by atoms with van der Waals surface area (Å²) in [6, 6.07) is 8.16. The third-order valence-electron chi connectivity index (χ3n) is 6.27. The van der Waals surface area contributed by atoms with Gasteiger partial charge in [-0.05, 0) is 75.2 Å². The summed E-state index contributed by atoms with van der Waals surface area (Å²) in [6.07, 6.45) is 9.10. The van der Waals surface area contributed by atoms with E-state index in [1.54, 1.807) is 0 Å². The van der Waals surface area contributed by atoms with Crippen molar-refractivity contribution >= 4 is 17.4 Å². The van der Waals surface area contributed by atoms with E-state index < -0.39 is 0 Å². The van der Waals surface area contributed by atoms with Crippen molar-refractivity contribution in [1.82, 2.24) is 14.9 Å². The molecule has 1 amide bonds. The molecular weight excluding hydrogens is 386 g/mol. The molecule has 6 nitrogen and oxygen atoms in total. The molecule has 1 saturated carbocycles. The quantitative estimate of drug-likeness (QED) is 0.639. The molecule has 0 radical (unpaired) electrons. The van der Waals surface area contributed by atoms with Gasteiger partial charge in [0.1, 0.15) is 17.8 Å². The molecule has 4 rings (SSSR count). The van der Waals surface area contributed by atoms with Gasteiger partial charge in [-0.25, -0.2) is 9.97 Å². The van der Waals surface area contributed by atoms with E-state index in [4.69, 9.17) is 0 Å². The molecule has 6 heteroatoms. The van der Waals surface area contributed by atoms with Crippen LogP contribution in [0.3, 0.4) is 0 Å². The van der Waals surface area contributed by atoms with Crippen molar-refractivity contribution in [2.45, 2.75) is 58.9 Å². The molecule has 1 aliphatic heterocycles. The van der Waals surface area contributed by atoms with Crippen molar-refractivity contribution in [3.63, 3.8) is 0 Å². The Bertz CT molecular complexity index is 889. The number of carbonyl (C=O) groups excluding carboxylic acids is 1. The summed E-state index contributed by atoms with van der Waals surface area (Å²) in [4.78, 5) is 26.4. The van der Waals surface area contributed by atoms with Crippen molar-refractivity contribution in [3.8, 4) is 0 Å². The summed E-state index contributed by atoms with van der Waals surface area (Å²) in [6.45, 7) is 9.55. The van der Waals surface area contributed by atoms with Crippen LogP contribution in [-0.2, 0) is 6.54 Å². The number of piperidine rings is 1. The predicted molar refractivity (Wildman–Crippen MR) is 126 cm³/mol. The molecule has 1 saturated heterocycles. The first kappa shape index (κ1) is 21.8. The number of hydrogen-bond donors (Lipinski definition) is 1. The number of carbonyl (C=O) groups is 1. The Balaban J connectivity index is 1.41. The number of benzene rings is 1. The molecule has 0 spiro atoms. The van der Waals surface area contributed by atoms with Gasteiger partial charge in [0.05, 0.1) is 0 Å². The number of rotatable bonds is 9. The van der Waals surface area contributed by atoms with Gasteiger partial charge in [0, 0.05) is 31.4 Å². The highest BCUT2D eigenvalue weighted by atomic mass is 16.1. The highest BCUT2D eigenvalue weighted by Crippen LogP contribution is 2.31. The van der Waals surface area contributed by atoms with Crippen molar-refractivity contribution < 1.29 is 4.79 Å². The maximum absolute atomic E-state index is 12.9. The Labute approximate surface area is 186 Å². The predicted octanol–water partition coefficient (Wildman–Crippen LogP) is 4.65. The second-order valence-corrected chi connectivity index (χ2v) is 9.09. The van der Waals surface area contributed by atoms with Crippen LogP contribution in [0, 0.1) is 12.8 Å². The molecule has 2 aromatic rings. The zero-order valence-electron chi connectivity index (χ0n) is 18.9. The summed E-state index contributed by atoms with van der Waals surface area (Å²) in [7, 11) is 0. The number of anilines is 2. The van der Waals surface area contributed by atoms with Crippen LogP contribution in [0.1, 0.15) is 67.1 Å². The Kier molecular flexibility index (Phi) is 7.17. The van der Waals surface area contributed by atoms with E-state index in [9.17, 15) is 4.79 Å². The number of aromatic nitrogens is 2. The third kappa shape index (κ3) is 6.03. The van der Waals surface area contributed by atoms with Crippen LogP contribution in [-0.4, -0.2) is 47.0 Å². The van der Waals surface area contributed by atoms with Crippen molar-refractivity contribution in [3.05, 3.63) is 47.4 Å². The molecule has 2 heterocycles. The zero-order valence-corrected chi connectivity index (χ0v) is 18.9. The maximum atomic E-state index is 12.9. The molecule has 31 heavy (non-hydrogen) atoms. The summed E-state index contributed by atoms with van der Waals surface area (Å²) in [5, 5.41) is 3.05. The summed E-state index contributed by atoms with van der Waals surface area (Å²) in [5.41, 5.74) is 3.64. The van der Waals surface area contributed by atoms with E-state index in [2.05, 4.69) is 51.1 Å². The second kappa shape index (κ2) is 10.2. The molecular formula is C25H35N5O. The molecule has 1 aliphatic carbocycles. The molecule has 2 fully saturated rings. The van der Waals surface area contributed by atoms with Gasteiger partial charge in [-0.1, -0.05) is 25.5 Å². The molecule has 1 aromatic carbocycles. The van der Waals surface area contributed by atoms with Gasteiger partial charge in [-0.15, -0.1) is 0 Å². The van der Waals surface area contributed by atoms with Gasteiger partial charge in [0.15, 0.2) is 0 Å². The van der Waals surface area contributed by atoms with Crippen LogP contribution >= 0.6 is 0 Å². The fourth-order valence-corrected chi connectivity index (χ4v) is 4.35. The van der Waals surface area contributed by atoms with E-state index >= 15 is 0 Å². The lowest BCUT2D eigenvalue weighted by Crippen LogP contribution is -2.29. The normalized spacial score (nSPS) is 16.8. The Morgan fingerprint density at radius 2 is 1.97 bits per heavy atom. The maximum Gasteiger partial charge on any atom is 0.274 e. The Morgan fingerprint density at radius 3 is 2.68 bits per heavy atom. The Hall–Kier alpha value is -2.47. The minimum atomic E-state index is -0.182. The first-order valence-electron chi connectivity index (χ1n) is 11.8. The van der Waals surface area contributed by atoms with Crippen LogP contribution in [0.4, 0.5) is 11.5 Å². The molecule has 1 aromatic heterocycles. The second-order valence-electron chi connectivity index (χ2n) is 9.09. The standard InChI is InChI=1S/C25H35N5O/c1-3-11-30(17-20-7-8-20)24-15-23(26-18-27-24)25(31)28-22-10-9-21(14-19(22)2)16-29-12-5-4-6-13-29/h9-10,14-15,18,20H,3-8,11-13,16-17H2,1-2H3,(H,28,31). The highest BCUT2D eigenvalue weighted by Gasteiger charge is 2.25. The topological polar surface area (TPSA) is 61.4 Å². The van der Waals surface area contributed by atoms with Crippen molar-refractivity contribution in [1.29, 1.82) is 0 Å². The van der Waals surface area contributed by atoms with Crippen molar-refractivity contribution in [2.24, 2.45) is 5.92 Å². The minimum Gasteiger partial charge on any atom is -0.356 e. The van der Waals surface area contributed by atoms with Gasteiger partial charge in [-0.3, -0.25) is 9.69 Å². The lowest BCUT2D eigenvalue weighted by Gasteiger charge is -2.26. The molecule has 2 aliphatic rings. The lowest BCUT2D eigenvalue weighted by molar-refractivity contribution is 0.102. The van der Waals surface area contributed by atoms with Crippen molar-refractivity contribution in [2.75, 3.05) is 36.4 Å². The van der Waals surface area contributed by atoms with Gasteiger partial charge in [0.25, 0.3) is 5.91 Å². The lowest BCUT2D eigenvalue weighted by atomic mass is 10.1. The number of hydrogen-bond acceptors (Lipinski definition) is 5. The molecule has 166 valence electrons. The average molecular weight is 422 g/mol. The molecule has 0 atom stereocenters. The SMILES string of the molecule is CCCN(CC1CC1)c1cc(C(=O)Nc2ccc(CN3CCCCC3)cc2C)ncn1. The zero-order chi connectivity index (χ0) is 21.6.